The third-order valence-corrected chi connectivity index (χ3v) is 2.92. The maximum Gasteiger partial charge on any atom is 0.148 e. The first-order valence-corrected chi connectivity index (χ1v) is 6.16. The second-order valence-electron chi connectivity index (χ2n) is 4.47. The van der Waals surface area contributed by atoms with Gasteiger partial charge in [-0.3, -0.25) is 0 Å². The fraction of sp³-hybridized carbons (Fsp3) is 0.750. The van der Waals surface area contributed by atoms with Crippen LogP contribution < -0.4 is 11.1 Å². The van der Waals surface area contributed by atoms with E-state index in [0.29, 0.717) is 5.92 Å². The molecule has 0 radical (unpaired) electrons. The van der Waals surface area contributed by atoms with E-state index in [1.807, 2.05) is 11.6 Å². The van der Waals surface area contributed by atoms with E-state index in [2.05, 4.69) is 31.2 Å². The first kappa shape index (κ1) is 12.9. The highest BCUT2D eigenvalue weighted by molar-refractivity contribution is 5.64. The van der Waals surface area contributed by atoms with Crippen LogP contribution >= 0.6 is 0 Å². The molecular weight excluding hydrogens is 200 g/mol. The second-order valence-corrected chi connectivity index (χ2v) is 4.47. The summed E-state index contributed by atoms with van der Waals surface area (Å²) in [5.41, 5.74) is 7.72. The van der Waals surface area contributed by atoms with E-state index in [0.717, 1.165) is 36.7 Å². The SMILES string of the molecule is CCCn1nc(C)c(N)c1NCC(C)CC. The number of anilines is 2. The Balaban J connectivity index is 2.76. The summed E-state index contributed by atoms with van der Waals surface area (Å²) in [6.07, 6.45) is 2.24. The zero-order valence-electron chi connectivity index (χ0n) is 10.9. The summed E-state index contributed by atoms with van der Waals surface area (Å²) in [5.74, 6) is 1.64. The molecule has 0 aliphatic rings. The molecule has 1 aromatic rings. The number of nitrogens with one attached hydrogen (secondary N) is 1. The molecule has 1 aromatic heterocycles. The van der Waals surface area contributed by atoms with Gasteiger partial charge >= 0.3 is 0 Å². The predicted molar refractivity (Wildman–Crippen MR) is 69.6 cm³/mol. The lowest BCUT2D eigenvalue weighted by atomic mass is 10.1. The molecular formula is C12H24N4. The van der Waals surface area contributed by atoms with Gasteiger partial charge < -0.3 is 11.1 Å². The molecule has 1 heterocycles. The summed E-state index contributed by atoms with van der Waals surface area (Å²) < 4.78 is 1.98. The normalized spacial score (nSPS) is 12.8. The molecule has 1 atom stereocenters. The number of aromatic nitrogens is 2. The predicted octanol–water partition coefficient (Wildman–Crippen LogP) is 2.64. The topological polar surface area (TPSA) is 55.9 Å². The Hall–Kier alpha value is -1.19. The van der Waals surface area contributed by atoms with Gasteiger partial charge in [0.2, 0.25) is 0 Å². The van der Waals surface area contributed by atoms with Gasteiger partial charge in [0.15, 0.2) is 0 Å². The highest BCUT2D eigenvalue weighted by atomic mass is 15.3. The lowest BCUT2D eigenvalue weighted by molar-refractivity contribution is 0.573. The standard InChI is InChI=1S/C12H24N4/c1-5-7-16-12(11(13)10(4)15-16)14-8-9(3)6-2/h9,14H,5-8,13H2,1-4H3. The van der Waals surface area contributed by atoms with Gasteiger partial charge in [-0.2, -0.15) is 5.10 Å². The molecule has 92 valence electrons. The molecule has 0 saturated heterocycles. The Kier molecular flexibility index (Phi) is 4.65. The Bertz CT molecular complexity index is 330. The minimum Gasteiger partial charge on any atom is -0.394 e. The van der Waals surface area contributed by atoms with Crippen LogP contribution in [0.5, 0.6) is 0 Å². The van der Waals surface area contributed by atoms with E-state index < -0.39 is 0 Å². The van der Waals surface area contributed by atoms with E-state index in [4.69, 9.17) is 5.73 Å². The van der Waals surface area contributed by atoms with E-state index in [1.165, 1.54) is 6.42 Å². The molecule has 16 heavy (non-hydrogen) atoms. The fourth-order valence-electron chi connectivity index (χ4n) is 1.57. The molecule has 0 aliphatic carbocycles. The van der Waals surface area contributed by atoms with Crippen molar-refractivity contribution in [1.29, 1.82) is 0 Å². The van der Waals surface area contributed by atoms with Gasteiger partial charge in [-0.05, 0) is 19.3 Å². The van der Waals surface area contributed by atoms with E-state index in [-0.39, 0.29) is 0 Å². The lowest BCUT2D eigenvalue weighted by Gasteiger charge is -2.13. The van der Waals surface area contributed by atoms with Gasteiger partial charge in [-0.15, -0.1) is 0 Å². The molecule has 0 amide bonds. The molecule has 4 heteroatoms. The Morgan fingerprint density at radius 3 is 2.69 bits per heavy atom. The Morgan fingerprint density at radius 1 is 1.44 bits per heavy atom. The van der Waals surface area contributed by atoms with Crippen molar-refractivity contribution < 1.29 is 0 Å². The zero-order chi connectivity index (χ0) is 12.1. The van der Waals surface area contributed by atoms with Crippen LogP contribution in [0, 0.1) is 12.8 Å². The van der Waals surface area contributed by atoms with Crippen LogP contribution in [-0.2, 0) is 6.54 Å². The second kappa shape index (κ2) is 5.77. The number of nitrogens with two attached hydrogens (primary N) is 1. The number of nitrogens with zero attached hydrogens (tertiary/aromatic N) is 2. The number of aryl methyl sites for hydroxylation is 2. The number of hydrogen-bond donors (Lipinski definition) is 2. The van der Waals surface area contributed by atoms with Gasteiger partial charge in [0.1, 0.15) is 5.82 Å². The summed E-state index contributed by atoms with van der Waals surface area (Å²) >= 11 is 0. The van der Waals surface area contributed by atoms with E-state index in [9.17, 15) is 0 Å². The molecule has 0 aliphatic heterocycles. The molecule has 0 saturated carbocycles. The van der Waals surface area contributed by atoms with E-state index in [1.54, 1.807) is 0 Å². The van der Waals surface area contributed by atoms with Crippen LogP contribution in [0.1, 0.15) is 39.3 Å². The van der Waals surface area contributed by atoms with Crippen molar-refractivity contribution in [3.8, 4) is 0 Å². The van der Waals surface area contributed by atoms with Crippen LogP contribution in [0.2, 0.25) is 0 Å². The first-order valence-electron chi connectivity index (χ1n) is 6.16. The van der Waals surface area contributed by atoms with Crippen molar-refractivity contribution in [3.05, 3.63) is 5.69 Å². The molecule has 3 N–H and O–H groups in total. The van der Waals surface area contributed by atoms with Gasteiger partial charge in [0.25, 0.3) is 0 Å². The van der Waals surface area contributed by atoms with Gasteiger partial charge in [-0.25, -0.2) is 4.68 Å². The summed E-state index contributed by atoms with van der Waals surface area (Å²) in [6, 6.07) is 0. The summed E-state index contributed by atoms with van der Waals surface area (Å²) in [7, 11) is 0. The lowest BCUT2D eigenvalue weighted by Crippen LogP contribution is -2.15. The third kappa shape index (κ3) is 2.90. The van der Waals surface area contributed by atoms with Crippen molar-refractivity contribution in [2.75, 3.05) is 17.6 Å². The maximum atomic E-state index is 6.02. The molecule has 0 bridgehead atoms. The van der Waals surface area contributed by atoms with Crippen molar-refractivity contribution in [3.63, 3.8) is 0 Å². The molecule has 0 aromatic carbocycles. The zero-order valence-corrected chi connectivity index (χ0v) is 10.9. The highest BCUT2D eigenvalue weighted by Crippen LogP contribution is 2.22. The van der Waals surface area contributed by atoms with Crippen LogP contribution in [0.3, 0.4) is 0 Å². The fourth-order valence-corrected chi connectivity index (χ4v) is 1.57. The Labute approximate surface area is 98.2 Å². The molecule has 1 rings (SSSR count). The van der Waals surface area contributed by atoms with Crippen molar-refractivity contribution in [2.24, 2.45) is 5.92 Å². The van der Waals surface area contributed by atoms with Gasteiger partial charge in [-0.1, -0.05) is 27.2 Å². The van der Waals surface area contributed by atoms with Crippen LogP contribution in [0.25, 0.3) is 0 Å². The molecule has 1 unspecified atom stereocenters. The molecule has 0 fully saturated rings. The molecule has 4 nitrogen and oxygen atoms in total. The number of hydrogen-bond acceptors (Lipinski definition) is 3. The van der Waals surface area contributed by atoms with Crippen molar-refractivity contribution in [2.45, 2.75) is 47.1 Å². The van der Waals surface area contributed by atoms with Crippen molar-refractivity contribution >= 4 is 11.5 Å². The Morgan fingerprint density at radius 2 is 2.12 bits per heavy atom. The first-order chi connectivity index (χ1) is 7.60. The average molecular weight is 224 g/mol. The van der Waals surface area contributed by atoms with Gasteiger partial charge in [0.05, 0.1) is 11.4 Å². The van der Waals surface area contributed by atoms with E-state index >= 15 is 0 Å². The maximum absolute atomic E-state index is 6.02. The number of rotatable bonds is 6. The van der Waals surface area contributed by atoms with Crippen LogP contribution in [0.15, 0.2) is 0 Å². The third-order valence-electron chi connectivity index (χ3n) is 2.92. The smallest absolute Gasteiger partial charge is 0.148 e. The van der Waals surface area contributed by atoms with Gasteiger partial charge in [0, 0.05) is 13.1 Å². The summed E-state index contributed by atoms with van der Waals surface area (Å²) in [5, 5.41) is 7.85. The summed E-state index contributed by atoms with van der Waals surface area (Å²) in [6.45, 7) is 10.4. The summed E-state index contributed by atoms with van der Waals surface area (Å²) in [4.78, 5) is 0. The monoisotopic (exact) mass is 224 g/mol. The van der Waals surface area contributed by atoms with Crippen LogP contribution in [-0.4, -0.2) is 16.3 Å². The molecule has 0 spiro atoms. The number of nitrogen functional groups attached to an aromatic ring is 1. The highest BCUT2D eigenvalue weighted by Gasteiger charge is 2.12. The minimum absolute atomic E-state index is 0.657. The largest absolute Gasteiger partial charge is 0.394 e. The van der Waals surface area contributed by atoms with Crippen LogP contribution in [0.4, 0.5) is 11.5 Å². The van der Waals surface area contributed by atoms with Crippen molar-refractivity contribution in [1.82, 2.24) is 9.78 Å². The average Bonchev–Trinajstić information content (AvgIpc) is 2.53. The minimum atomic E-state index is 0.657. The quantitative estimate of drug-likeness (QED) is 0.781.